The van der Waals surface area contributed by atoms with Crippen LogP contribution in [0, 0.1) is 17.1 Å². The first kappa shape index (κ1) is 24.1. The monoisotopic (exact) mass is 501 g/mol. The number of carbonyl (C=O) groups excluding carboxylic acids is 2. The van der Waals surface area contributed by atoms with Gasteiger partial charge in [-0.3, -0.25) is 19.2 Å². The summed E-state index contributed by atoms with van der Waals surface area (Å²) in [6.07, 6.45) is 7.18. The van der Waals surface area contributed by atoms with Crippen molar-refractivity contribution in [1.29, 1.82) is 5.26 Å². The topological polar surface area (TPSA) is 150 Å². The number of aromatic nitrogens is 5. The molecule has 0 radical (unpaired) electrons. The summed E-state index contributed by atoms with van der Waals surface area (Å²) < 4.78 is 16.2. The van der Waals surface area contributed by atoms with Gasteiger partial charge >= 0.3 is 0 Å². The van der Waals surface area contributed by atoms with Crippen molar-refractivity contribution >= 4 is 22.8 Å². The van der Waals surface area contributed by atoms with E-state index < -0.39 is 17.6 Å². The third-order valence-corrected chi connectivity index (χ3v) is 6.54. The minimum absolute atomic E-state index is 0.0152. The van der Waals surface area contributed by atoms with E-state index in [4.69, 9.17) is 5.73 Å². The van der Waals surface area contributed by atoms with Crippen LogP contribution in [0.4, 0.5) is 4.39 Å². The van der Waals surface area contributed by atoms with Crippen LogP contribution < -0.4 is 5.73 Å². The summed E-state index contributed by atoms with van der Waals surface area (Å²) in [5.41, 5.74) is 7.43. The molecule has 3 aromatic heterocycles. The summed E-state index contributed by atoms with van der Waals surface area (Å²) in [5.74, 6) is -1.95. The zero-order valence-corrected chi connectivity index (χ0v) is 19.8. The molecule has 0 bridgehead atoms. The molecular weight excluding hydrogens is 477 g/mol. The van der Waals surface area contributed by atoms with Gasteiger partial charge in [0.2, 0.25) is 5.91 Å². The first-order chi connectivity index (χ1) is 17.9. The Labute approximate surface area is 211 Å². The maximum atomic E-state index is 14.4. The third-order valence-electron chi connectivity index (χ3n) is 6.54. The highest BCUT2D eigenvalue weighted by Crippen LogP contribution is 2.26. The predicted octanol–water partition coefficient (Wildman–Crippen LogP) is 1.97. The number of aromatic amines is 1. The van der Waals surface area contributed by atoms with Gasteiger partial charge in [-0.05, 0) is 24.3 Å². The van der Waals surface area contributed by atoms with Gasteiger partial charge in [0.25, 0.3) is 5.91 Å². The van der Waals surface area contributed by atoms with Crippen molar-refractivity contribution < 1.29 is 14.0 Å². The van der Waals surface area contributed by atoms with E-state index in [2.05, 4.69) is 31.0 Å². The number of nitrogens with two attached hydrogens (primary N) is 1. The van der Waals surface area contributed by atoms with Crippen LogP contribution in [0.25, 0.3) is 22.3 Å². The van der Waals surface area contributed by atoms with Gasteiger partial charge in [0, 0.05) is 61.6 Å². The van der Waals surface area contributed by atoms with E-state index >= 15 is 0 Å². The largest absolute Gasteiger partial charge is 0.366 e. The van der Waals surface area contributed by atoms with Gasteiger partial charge in [0.1, 0.15) is 17.8 Å². The third kappa shape index (κ3) is 4.89. The van der Waals surface area contributed by atoms with Crippen LogP contribution in [0.5, 0.6) is 0 Å². The highest BCUT2D eigenvalue weighted by Gasteiger charge is 2.26. The van der Waals surface area contributed by atoms with Crippen LogP contribution in [0.15, 0.2) is 49.2 Å². The SMILES string of the molecule is N#CCC(CN1CCN(C(=O)c2ccc(C(N)=O)cc2F)CC1)n1cc(-c2ncnc3[nH]ccc23)cn1. The number of halogens is 1. The van der Waals surface area contributed by atoms with Crippen molar-refractivity contribution in [2.24, 2.45) is 5.73 Å². The van der Waals surface area contributed by atoms with Crippen molar-refractivity contribution in [2.45, 2.75) is 12.5 Å². The fraction of sp³-hybridized carbons (Fsp3) is 0.280. The van der Waals surface area contributed by atoms with Gasteiger partial charge in [-0.15, -0.1) is 0 Å². The number of piperazine rings is 1. The van der Waals surface area contributed by atoms with Crippen LogP contribution in [0.1, 0.15) is 33.2 Å². The molecule has 0 aliphatic carbocycles. The molecule has 4 heterocycles. The predicted molar refractivity (Wildman–Crippen MR) is 132 cm³/mol. The van der Waals surface area contributed by atoms with E-state index in [0.717, 1.165) is 28.4 Å². The average Bonchev–Trinajstić information content (AvgIpc) is 3.58. The molecule has 0 saturated carbocycles. The maximum absolute atomic E-state index is 14.4. The summed E-state index contributed by atoms with van der Waals surface area (Å²) in [6, 6.07) is 7.59. The molecule has 37 heavy (non-hydrogen) atoms. The van der Waals surface area contributed by atoms with Crippen LogP contribution >= 0.6 is 0 Å². The van der Waals surface area contributed by atoms with Crippen LogP contribution in [-0.4, -0.2) is 79.1 Å². The normalized spacial score (nSPS) is 15.0. The van der Waals surface area contributed by atoms with Crippen molar-refractivity contribution in [2.75, 3.05) is 32.7 Å². The van der Waals surface area contributed by atoms with Crippen LogP contribution in [0.2, 0.25) is 0 Å². The Morgan fingerprint density at radius 2 is 2.00 bits per heavy atom. The zero-order valence-electron chi connectivity index (χ0n) is 19.8. The number of fused-ring (bicyclic) bond motifs is 1. The Morgan fingerprint density at radius 1 is 1.19 bits per heavy atom. The van der Waals surface area contributed by atoms with Crippen molar-refractivity contribution in [3.8, 4) is 17.3 Å². The Hall–Kier alpha value is -4.63. The Balaban J connectivity index is 1.24. The summed E-state index contributed by atoms with van der Waals surface area (Å²) in [7, 11) is 0. The summed E-state index contributed by atoms with van der Waals surface area (Å²) in [4.78, 5) is 39.5. The number of primary amides is 1. The van der Waals surface area contributed by atoms with Gasteiger partial charge in [-0.25, -0.2) is 14.4 Å². The average molecular weight is 502 g/mol. The van der Waals surface area contributed by atoms with Crippen LogP contribution in [0.3, 0.4) is 0 Å². The van der Waals surface area contributed by atoms with Gasteiger partial charge in [-0.1, -0.05) is 0 Å². The number of carbonyl (C=O) groups is 2. The highest BCUT2D eigenvalue weighted by atomic mass is 19.1. The zero-order chi connectivity index (χ0) is 25.9. The second-order valence-corrected chi connectivity index (χ2v) is 8.84. The molecule has 0 spiro atoms. The van der Waals surface area contributed by atoms with Gasteiger partial charge < -0.3 is 15.6 Å². The number of amides is 2. The first-order valence-electron chi connectivity index (χ1n) is 11.7. The minimum Gasteiger partial charge on any atom is -0.366 e. The molecule has 1 aliphatic heterocycles. The fourth-order valence-electron chi connectivity index (χ4n) is 4.55. The lowest BCUT2D eigenvalue weighted by atomic mass is 10.1. The number of H-pyrrole nitrogens is 1. The number of benzene rings is 1. The molecule has 11 nitrogen and oxygen atoms in total. The molecule has 3 N–H and O–H groups in total. The maximum Gasteiger partial charge on any atom is 0.256 e. The van der Waals surface area contributed by atoms with E-state index in [1.54, 1.807) is 22.0 Å². The lowest BCUT2D eigenvalue weighted by Crippen LogP contribution is -2.50. The van der Waals surface area contributed by atoms with E-state index in [1.807, 2.05) is 12.3 Å². The van der Waals surface area contributed by atoms with Crippen molar-refractivity contribution in [1.82, 2.24) is 34.5 Å². The Kier molecular flexibility index (Phi) is 6.61. The molecular formula is C25H24FN9O2. The standard InChI is InChI=1S/C25H24FN9O2/c26-21-11-16(23(28)36)1-2-19(21)25(37)34-9-7-33(8-10-34)14-18(3-5-27)35-13-17(12-32-35)22-20-4-6-29-24(20)31-15-30-22/h1-2,4,6,11-13,15,18H,3,7-10,14H2,(H2,28,36)(H,29,30,31). The Bertz CT molecular complexity index is 1500. The van der Waals surface area contributed by atoms with Gasteiger partial charge in [-0.2, -0.15) is 10.4 Å². The number of rotatable bonds is 7. The molecule has 1 fully saturated rings. The van der Waals surface area contributed by atoms with E-state index in [-0.39, 0.29) is 23.6 Å². The van der Waals surface area contributed by atoms with Crippen LogP contribution in [-0.2, 0) is 0 Å². The van der Waals surface area contributed by atoms with Gasteiger partial charge in [0.15, 0.2) is 0 Å². The second kappa shape index (κ2) is 10.2. The quantitative estimate of drug-likeness (QED) is 0.393. The number of nitriles is 1. The number of nitrogens with one attached hydrogen (secondary N) is 1. The van der Waals surface area contributed by atoms with Crippen molar-refractivity contribution in [3.63, 3.8) is 0 Å². The number of nitrogens with zero attached hydrogens (tertiary/aromatic N) is 7. The molecule has 1 atom stereocenters. The minimum atomic E-state index is -0.770. The molecule has 5 rings (SSSR count). The second-order valence-electron chi connectivity index (χ2n) is 8.84. The smallest absolute Gasteiger partial charge is 0.256 e. The highest BCUT2D eigenvalue weighted by molar-refractivity contribution is 5.97. The number of hydrogen-bond donors (Lipinski definition) is 2. The lowest BCUT2D eigenvalue weighted by Gasteiger charge is -2.36. The summed E-state index contributed by atoms with van der Waals surface area (Å²) in [6.45, 7) is 2.52. The summed E-state index contributed by atoms with van der Waals surface area (Å²) in [5, 5.41) is 14.8. The Morgan fingerprint density at radius 3 is 2.73 bits per heavy atom. The molecule has 188 valence electrons. The van der Waals surface area contributed by atoms with E-state index in [0.29, 0.717) is 32.7 Å². The van der Waals surface area contributed by atoms with Gasteiger partial charge in [0.05, 0.1) is 36.0 Å². The molecule has 4 aromatic rings. The number of hydrogen-bond acceptors (Lipinski definition) is 7. The lowest BCUT2D eigenvalue weighted by molar-refractivity contribution is 0.0612. The van der Waals surface area contributed by atoms with E-state index in [1.165, 1.54) is 18.5 Å². The fourth-order valence-corrected chi connectivity index (χ4v) is 4.55. The molecule has 1 saturated heterocycles. The molecule has 12 heteroatoms. The first-order valence-corrected chi connectivity index (χ1v) is 11.7. The molecule has 1 aromatic carbocycles. The summed E-state index contributed by atoms with van der Waals surface area (Å²) >= 11 is 0. The van der Waals surface area contributed by atoms with E-state index in [9.17, 15) is 19.2 Å². The molecule has 1 unspecified atom stereocenters. The van der Waals surface area contributed by atoms with Crippen molar-refractivity contribution in [3.05, 3.63) is 66.1 Å². The molecule has 2 amide bonds. The molecule has 1 aliphatic rings.